The number of likely N-dealkylation sites (tertiary alicyclic amines) is 1. The van der Waals surface area contributed by atoms with E-state index >= 15 is 0 Å². The summed E-state index contributed by atoms with van der Waals surface area (Å²) in [6.45, 7) is 2.68. The molecule has 1 fully saturated rings. The summed E-state index contributed by atoms with van der Waals surface area (Å²) in [5.41, 5.74) is 0.458. The molecule has 0 aromatic carbocycles. The molecule has 112 valence electrons. The van der Waals surface area contributed by atoms with Crippen LogP contribution in [0.4, 0.5) is 0 Å². The molecule has 0 saturated carbocycles. The van der Waals surface area contributed by atoms with Crippen LogP contribution in [0, 0.1) is 0 Å². The van der Waals surface area contributed by atoms with E-state index in [0.29, 0.717) is 24.0 Å². The number of piperidine rings is 1. The highest BCUT2D eigenvalue weighted by Crippen LogP contribution is 2.31. The van der Waals surface area contributed by atoms with Gasteiger partial charge in [0.1, 0.15) is 11.7 Å². The summed E-state index contributed by atoms with van der Waals surface area (Å²) in [4.78, 5) is 18.8. The molecule has 7 heteroatoms. The van der Waals surface area contributed by atoms with Crippen LogP contribution in [0.25, 0.3) is 0 Å². The Balaban J connectivity index is 1.85. The highest BCUT2D eigenvalue weighted by Gasteiger charge is 2.33. The highest BCUT2D eigenvalue weighted by molar-refractivity contribution is 5.92. The Morgan fingerprint density at radius 3 is 3.00 bits per heavy atom. The summed E-state index contributed by atoms with van der Waals surface area (Å²) in [5, 5.41) is 8.13. The van der Waals surface area contributed by atoms with Crippen molar-refractivity contribution in [1.82, 2.24) is 24.8 Å². The van der Waals surface area contributed by atoms with E-state index in [1.807, 2.05) is 6.92 Å². The minimum absolute atomic E-state index is 0.0726. The molecule has 0 aliphatic carbocycles. The first-order chi connectivity index (χ1) is 10.2. The average molecular weight is 289 g/mol. The third-order valence-electron chi connectivity index (χ3n) is 3.78. The maximum atomic E-state index is 12.6. The topological polar surface area (TPSA) is 77.0 Å². The first-order valence-electron chi connectivity index (χ1n) is 7.32. The summed E-state index contributed by atoms with van der Waals surface area (Å²) in [5.74, 6) is 1.15. The Kier molecular flexibility index (Phi) is 3.72. The minimum atomic E-state index is -0.138. The molecule has 0 bridgehead atoms. The zero-order valence-corrected chi connectivity index (χ0v) is 12.3. The van der Waals surface area contributed by atoms with Crippen LogP contribution >= 0.6 is 0 Å². The fraction of sp³-hybridized carbons (Fsp3) is 0.571. The van der Waals surface area contributed by atoms with E-state index in [0.717, 1.165) is 25.7 Å². The predicted molar refractivity (Wildman–Crippen MR) is 74.5 cm³/mol. The first-order valence-corrected chi connectivity index (χ1v) is 7.32. The lowest BCUT2D eigenvalue weighted by molar-refractivity contribution is 0.0554. The van der Waals surface area contributed by atoms with Gasteiger partial charge in [0, 0.05) is 26.2 Å². The van der Waals surface area contributed by atoms with E-state index in [1.54, 1.807) is 28.9 Å². The monoisotopic (exact) mass is 289 g/mol. The molecule has 1 saturated heterocycles. The predicted octanol–water partition coefficient (Wildman–Crippen LogP) is 1.73. The fourth-order valence-corrected chi connectivity index (χ4v) is 2.65. The van der Waals surface area contributed by atoms with Gasteiger partial charge < -0.3 is 9.42 Å². The molecule has 1 aliphatic heterocycles. The SMILES string of the molecule is CCc1noc(C2CCCCN2C(=O)c2ccn(C)n2)n1. The number of hydrogen-bond donors (Lipinski definition) is 0. The summed E-state index contributed by atoms with van der Waals surface area (Å²) in [6, 6.07) is 1.60. The van der Waals surface area contributed by atoms with Crippen molar-refractivity contribution >= 4 is 5.91 Å². The van der Waals surface area contributed by atoms with Crippen LogP contribution in [-0.2, 0) is 13.5 Å². The standard InChI is InChI=1S/C14H19N5O2/c1-3-12-15-13(21-17-12)11-6-4-5-8-19(11)14(20)10-7-9-18(2)16-10/h7,9,11H,3-6,8H2,1-2H3. The summed E-state index contributed by atoms with van der Waals surface area (Å²) >= 11 is 0. The number of carbonyl (C=O) groups is 1. The Morgan fingerprint density at radius 2 is 2.33 bits per heavy atom. The number of aryl methyl sites for hydroxylation is 2. The van der Waals surface area contributed by atoms with E-state index in [1.165, 1.54) is 0 Å². The lowest BCUT2D eigenvalue weighted by atomic mass is 10.0. The second-order valence-electron chi connectivity index (χ2n) is 5.29. The van der Waals surface area contributed by atoms with Gasteiger partial charge in [-0.25, -0.2) is 0 Å². The van der Waals surface area contributed by atoms with Crippen LogP contribution in [0.5, 0.6) is 0 Å². The quantitative estimate of drug-likeness (QED) is 0.860. The molecule has 3 rings (SSSR count). The van der Waals surface area contributed by atoms with Crippen LogP contribution in [0.15, 0.2) is 16.8 Å². The van der Waals surface area contributed by atoms with E-state index < -0.39 is 0 Å². The number of hydrogen-bond acceptors (Lipinski definition) is 5. The molecule has 0 spiro atoms. The van der Waals surface area contributed by atoms with Crippen molar-refractivity contribution in [2.75, 3.05) is 6.54 Å². The van der Waals surface area contributed by atoms with Crippen molar-refractivity contribution in [3.8, 4) is 0 Å². The van der Waals surface area contributed by atoms with Crippen molar-refractivity contribution in [2.24, 2.45) is 7.05 Å². The van der Waals surface area contributed by atoms with E-state index in [4.69, 9.17) is 4.52 Å². The van der Waals surface area contributed by atoms with Crippen LogP contribution < -0.4 is 0 Å². The molecule has 7 nitrogen and oxygen atoms in total. The molecule has 0 N–H and O–H groups in total. The Morgan fingerprint density at radius 1 is 1.48 bits per heavy atom. The number of aromatic nitrogens is 4. The molecule has 1 unspecified atom stereocenters. The van der Waals surface area contributed by atoms with Gasteiger partial charge >= 0.3 is 0 Å². The van der Waals surface area contributed by atoms with Gasteiger partial charge in [0.05, 0.1) is 0 Å². The molecular weight excluding hydrogens is 270 g/mol. The Hall–Kier alpha value is -2.18. The van der Waals surface area contributed by atoms with Gasteiger partial charge in [-0.1, -0.05) is 12.1 Å². The van der Waals surface area contributed by atoms with Gasteiger partial charge in [0.2, 0.25) is 5.89 Å². The molecular formula is C14H19N5O2. The van der Waals surface area contributed by atoms with Crippen LogP contribution in [-0.4, -0.2) is 37.3 Å². The summed E-state index contributed by atoms with van der Waals surface area (Å²) in [6.07, 6.45) is 5.40. The first kappa shape index (κ1) is 13.8. The van der Waals surface area contributed by atoms with Crippen molar-refractivity contribution in [3.05, 3.63) is 29.7 Å². The maximum absolute atomic E-state index is 12.6. The summed E-state index contributed by atoms with van der Waals surface area (Å²) in [7, 11) is 1.80. The van der Waals surface area contributed by atoms with Gasteiger partial charge in [-0.3, -0.25) is 9.48 Å². The number of amides is 1. The summed E-state index contributed by atoms with van der Waals surface area (Å²) < 4.78 is 6.97. The fourth-order valence-electron chi connectivity index (χ4n) is 2.65. The molecule has 1 amide bonds. The number of carbonyl (C=O) groups excluding carboxylic acids is 1. The average Bonchev–Trinajstić information content (AvgIpc) is 3.15. The van der Waals surface area contributed by atoms with Gasteiger partial charge in [-0.2, -0.15) is 10.1 Å². The van der Waals surface area contributed by atoms with E-state index in [-0.39, 0.29) is 11.9 Å². The third kappa shape index (κ3) is 2.68. The lowest BCUT2D eigenvalue weighted by Crippen LogP contribution is -2.39. The molecule has 21 heavy (non-hydrogen) atoms. The Bertz CT molecular complexity index is 633. The minimum Gasteiger partial charge on any atom is -0.337 e. The number of rotatable bonds is 3. The molecule has 0 radical (unpaired) electrons. The van der Waals surface area contributed by atoms with Crippen molar-refractivity contribution in [2.45, 2.75) is 38.6 Å². The van der Waals surface area contributed by atoms with Crippen molar-refractivity contribution in [3.63, 3.8) is 0 Å². The zero-order chi connectivity index (χ0) is 14.8. The van der Waals surface area contributed by atoms with Crippen LogP contribution in [0.2, 0.25) is 0 Å². The Labute approximate surface area is 122 Å². The van der Waals surface area contributed by atoms with Gasteiger partial charge in [0.25, 0.3) is 5.91 Å². The van der Waals surface area contributed by atoms with Gasteiger partial charge in [-0.15, -0.1) is 0 Å². The van der Waals surface area contributed by atoms with Crippen LogP contribution in [0.3, 0.4) is 0 Å². The zero-order valence-electron chi connectivity index (χ0n) is 12.3. The van der Waals surface area contributed by atoms with Crippen molar-refractivity contribution in [1.29, 1.82) is 0 Å². The van der Waals surface area contributed by atoms with Crippen molar-refractivity contribution < 1.29 is 9.32 Å². The second-order valence-corrected chi connectivity index (χ2v) is 5.29. The molecule has 3 heterocycles. The molecule has 1 aliphatic rings. The highest BCUT2D eigenvalue weighted by atomic mass is 16.5. The third-order valence-corrected chi connectivity index (χ3v) is 3.78. The van der Waals surface area contributed by atoms with Gasteiger partial charge in [0.15, 0.2) is 5.82 Å². The molecule has 2 aromatic heterocycles. The van der Waals surface area contributed by atoms with Crippen LogP contribution in [0.1, 0.15) is 54.4 Å². The lowest BCUT2D eigenvalue weighted by Gasteiger charge is -2.32. The normalized spacial score (nSPS) is 19.0. The maximum Gasteiger partial charge on any atom is 0.275 e. The van der Waals surface area contributed by atoms with E-state index in [9.17, 15) is 4.79 Å². The second kappa shape index (κ2) is 5.67. The molecule has 2 aromatic rings. The smallest absolute Gasteiger partial charge is 0.275 e. The van der Waals surface area contributed by atoms with Gasteiger partial charge in [-0.05, 0) is 25.3 Å². The molecule has 1 atom stereocenters. The van der Waals surface area contributed by atoms with E-state index in [2.05, 4.69) is 15.2 Å². The largest absolute Gasteiger partial charge is 0.337 e. The number of nitrogens with zero attached hydrogens (tertiary/aromatic N) is 5.